The van der Waals surface area contributed by atoms with Gasteiger partial charge in [0.25, 0.3) is 0 Å². The minimum absolute atomic E-state index is 0.801. The van der Waals surface area contributed by atoms with Gasteiger partial charge in [0.2, 0.25) is 0 Å². The molecule has 1 N–H and O–H groups in total. The van der Waals surface area contributed by atoms with Crippen LogP contribution in [0.5, 0.6) is 0 Å². The average Bonchev–Trinajstić information content (AvgIpc) is 3.00. The highest BCUT2D eigenvalue weighted by atomic mass is 15.2. The van der Waals surface area contributed by atoms with E-state index in [1.807, 2.05) is 0 Å². The summed E-state index contributed by atoms with van der Waals surface area (Å²) in [5, 5.41) is 3.83. The van der Waals surface area contributed by atoms with Crippen LogP contribution in [0.15, 0.2) is 0 Å². The van der Waals surface area contributed by atoms with Gasteiger partial charge in [-0.05, 0) is 69.2 Å². The number of hydrogen-bond donors (Lipinski definition) is 1. The van der Waals surface area contributed by atoms with Crippen molar-refractivity contribution < 1.29 is 0 Å². The third-order valence-corrected chi connectivity index (χ3v) is 5.89. The molecule has 1 heterocycles. The molecule has 2 aliphatic carbocycles. The van der Waals surface area contributed by atoms with Crippen LogP contribution in [0.2, 0.25) is 0 Å². The predicted molar refractivity (Wildman–Crippen MR) is 81.3 cm³/mol. The Kier molecular flexibility index (Phi) is 4.48. The first-order chi connectivity index (χ1) is 9.26. The number of nitrogens with zero attached hydrogens (tertiary/aromatic N) is 1. The van der Waals surface area contributed by atoms with Gasteiger partial charge in [-0.25, -0.2) is 0 Å². The topological polar surface area (TPSA) is 15.3 Å². The van der Waals surface area contributed by atoms with Gasteiger partial charge in [-0.3, -0.25) is 4.90 Å². The summed E-state index contributed by atoms with van der Waals surface area (Å²) >= 11 is 0. The second-order valence-electron chi connectivity index (χ2n) is 7.53. The van der Waals surface area contributed by atoms with E-state index in [4.69, 9.17) is 0 Å². The maximum atomic E-state index is 3.83. The van der Waals surface area contributed by atoms with Crippen LogP contribution >= 0.6 is 0 Å². The maximum absolute atomic E-state index is 3.83. The van der Waals surface area contributed by atoms with Crippen LogP contribution in [0.25, 0.3) is 0 Å². The third kappa shape index (κ3) is 3.16. The molecular formula is C17H32N2. The molecule has 0 aromatic rings. The minimum Gasteiger partial charge on any atom is -0.314 e. The van der Waals surface area contributed by atoms with Gasteiger partial charge in [0.1, 0.15) is 0 Å². The summed E-state index contributed by atoms with van der Waals surface area (Å²) in [5.74, 6) is 2.91. The average molecular weight is 264 g/mol. The molecule has 5 unspecified atom stereocenters. The Morgan fingerprint density at radius 1 is 1.11 bits per heavy atom. The molecule has 3 aliphatic rings. The Morgan fingerprint density at radius 3 is 2.68 bits per heavy atom. The zero-order valence-corrected chi connectivity index (χ0v) is 12.9. The molecule has 3 rings (SSSR count). The number of likely N-dealkylation sites (tertiary alicyclic amines) is 1. The van der Waals surface area contributed by atoms with E-state index in [1.54, 1.807) is 0 Å². The summed E-state index contributed by atoms with van der Waals surface area (Å²) in [6.45, 7) is 8.75. The first-order valence-electron chi connectivity index (χ1n) is 8.73. The first kappa shape index (κ1) is 13.9. The summed E-state index contributed by atoms with van der Waals surface area (Å²) in [6.07, 6.45) is 10.1. The molecule has 19 heavy (non-hydrogen) atoms. The van der Waals surface area contributed by atoms with Gasteiger partial charge >= 0.3 is 0 Å². The SMILES string of the molecule is CCCNC1CCC(C)CC1CN1CC2CCC1C2. The highest BCUT2D eigenvalue weighted by Gasteiger charge is 2.40. The Labute approximate surface area is 119 Å². The lowest BCUT2D eigenvalue weighted by Gasteiger charge is -2.39. The van der Waals surface area contributed by atoms with Crippen LogP contribution in [0.4, 0.5) is 0 Å². The fourth-order valence-electron chi connectivity index (χ4n) is 4.85. The molecule has 3 fully saturated rings. The molecule has 1 aliphatic heterocycles. The first-order valence-corrected chi connectivity index (χ1v) is 8.73. The number of piperidine rings is 1. The van der Waals surface area contributed by atoms with E-state index in [-0.39, 0.29) is 0 Å². The Morgan fingerprint density at radius 2 is 2.00 bits per heavy atom. The molecule has 0 radical (unpaired) electrons. The molecular weight excluding hydrogens is 232 g/mol. The molecule has 0 spiro atoms. The van der Waals surface area contributed by atoms with E-state index in [9.17, 15) is 0 Å². The van der Waals surface area contributed by atoms with Gasteiger partial charge in [0, 0.05) is 25.2 Å². The van der Waals surface area contributed by atoms with Gasteiger partial charge in [0.05, 0.1) is 0 Å². The van der Waals surface area contributed by atoms with Crippen molar-refractivity contribution in [2.24, 2.45) is 17.8 Å². The minimum atomic E-state index is 0.801. The predicted octanol–water partition coefficient (Wildman–Crippen LogP) is 3.28. The number of nitrogens with one attached hydrogen (secondary N) is 1. The highest BCUT2D eigenvalue weighted by molar-refractivity contribution is 4.95. The van der Waals surface area contributed by atoms with Gasteiger partial charge in [-0.1, -0.05) is 13.8 Å². The maximum Gasteiger partial charge on any atom is 0.0108 e. The quantitative estimate of drug-likeness (QED) is 0.820. The molecule has 0 aromatic heterocycles. The van der Waals surface area contributed by atoms with Crippen molar-refractivity contribution in [3.05, 3.63) is 0 Å². The largest absolute Gasteiger partial charge is 0.314 e. The van der Waals surface area contributed by atoms with Crippen molar-refractivity contribution in [1.82, 2.24) is 10.2 Å². The third-order valence-electron chi connectivity index (χ3n) is 5.89. The molecule has 2 bridgehead atoms. The zero-order valence-electron chi connectivity index (χ0n) is 12.9. The number of fused-ring (bicyclic) bond motifs is 2. The molecule has 1 saturated heterocycles. The lowest BCUT2D eigenvalue weighted by atomic mass is 9.78. The van der Waals surface area contributed by atoms with Gasteiger partial charge in [-0.15, -0.1) is 0 Å². The smallest absolute Gasteiger partial charge is 0.0108 e. The second kappa shape index (κ2) is 6.13. The van der Waals surface area contributed by atoms with Gasteiger partial charge < -0.3 is 5.32 Å². The van der Waals surface area contributed by atoms with Crippen molar-refractivity contribution >= 4 is 0 Å². The molecule has 0 amide bonds. The summed E-state index contributed by atoms with van der Waals surface area (Å²) < 4.78 is 0. The Balaban J connectivity index is 1.56. The van der Waals surface area contributed by atoms with Crippen molar-refractivity contribution in [3.63, 3.8) is 0 Å². The zero-order chi connectivity index (χ0) is 13.2. The van der Waals surface area contributed by atoms with Crippen LogP contribution in [-0.2, 0) is 0 Å². The van der Waals surface area contributed by atoms with Crippen molar-refractivity contribution in [3.8, 4) is 0 Å². The lowest BCUT2D eigenvalue weighted by molar-refractivity contribution is 0.122. The van der Waals surface area contributed by atoms with E-state index >= 15 is 0 Å². The number of rotatable bonds is 5. The monoisotopic (exact) mass is 264 g/mol. The fraction of sp³-hybridized carbons (Fsp3) is 1.00. The Hall–Kier alpha value is -0.0800. The molecule has 2 saturated carbocycles. The van der Waals surface area contributed by atoms with Crippen LogP contribution in [0.1, 0.15) is 58.8 Å². The second-order valence-corrected chi connectivity index (χ2v) is 7.53. The van der Waals surface area contributed by atoms with Crippen molar-refractivity contribution in [2.75, 3.05) is 19.6 Å². The van der Waals surface area contributed by atoms with Crippen LogP contribution in [0.3, 0.4) is 0 Å². The van der Waals surface area contributed by atoms with Crippen molar-refractivity contribution in [1.29, 1.82) is 0 Å². The molecule has 5 atom stereocenters. The van der Waals surface area contributed by atoms with E-state index < -0.39 is 0 Å². The molecule has 2 nitrogen and oxygen atoms in total. The summed E-state index contributed by atoms with van der Waals surface area (Å²) in [5.41, 5.74) is 0. The number of hydrogen-bond acceptors (Lipinski definition) is 2. The van der Waals surface area contributed by atoms with Crippen LogP contribution in [0, 0.1) is 17.8 Å². The van der Waals surface area contributed by atoms with Crippen molar-refractivity contribution in [2.45, 2.75) is 70.9 Å². The van der Waals surface area contributed by atoms with E-state index in [1.165, 1.54) is 64.6 Å². The van der Waals surface area contributed by atoms with E-state index in [2.05, 4.69) is 24.1 Å². The summed E-state index contributed by atoms with van der Waals surface area (Å²) in [6, 6.07) is 1.75. The summed E-state index contributed by atoms with van der Waals surface area (Å²) in [4.78, 5) is 2.84. The standard InChI is InChI=1S/C17H32N2/c1-3-8-18-17-7-4-13(2)9-15(17)12-19-11-14-5-6-16(19)10-14/h13-18H,3-12H2,1-2H3. The molecule has 2 heteroatoms. The van der Waals surface area contributed by atoms with Crippen LogP contribution in [-0.4, -0.2) is 36.6 Å². The highest BCUT2D eigenvalue weighted by Crippen LogP contribution is 2.39. The van der Waals surface area contributed by atoms with Crippen LogP contribution < -0.4 is 5.32 Å². The van der Waals surface area contributed by atoms with Gasteiger partial charge in [-0.2, -0.15) is 0 Å². The molecule has 0 aromatic carbocycles. The fourth-order valence-corrected chi connectivity index (χ4v) is 4.85. The normalized spacial score (nSPS) is 42.9. The lowest BCUT2D eigenvalue weighted by Crippen LogP contribution is -2.47. The van der Waals surface area contributed by atoms with E-state index in [0.29, 0.717) is 0 Å². The summed E-state index contributed by atoms with van der Waals surface area (Å²) in [7, 11) is 0. The van der Waals surface area contributed by atoms with E-state index in [0.717, 1.165) is 29.8 Å². The molecule has 110 valence electrons. The Bertz CT molecular complexity index is 289. The van der Waals surface area contributed by atoms with Gasteiger partial charge in [0.15, 0.2) is 0 Å².